The van der Waals surface area contributed by atoms with E-state index in [2.05, 4.69) is 0 Å². The molecule has 0 N–H and O–H groups in total. The molecule has 2 bridgehead atoms. The van der Waals surface area contributed by atoms with Crippen molar-refractivity contribution in [1.29, 1.82) is 0 Å². The molecule has 0 unspecified atom stereocenters. The molecule has 26 heavy (non-hydrogen) atoms. The fourth-order valence-corrected chi connectivity index (χ4v) is 4.63. The Bertz CT molecular complexity index is 879. The Hall–Kier alpha value is -2.96. The molecule has 4 rings (SSSR count). The van der Waals surface area contributed by atoms with Crippen molar-refractivity contribution in [3.8, 4) is 5.75 Å². The smallest absolute Gasteiger partial charge is 0.297 e. The number of methoxy groups -OCH3 is 1. The molecule has 0 aromatic heterocycles. The third kappa shape index (κ3) is 2.00. The van der Waals surface area contributed by atoms with E-state index >= 15 is 0 Å². The highest BCUT2D eigenvalue weighted by Gasteiger charge is 2.62. The summed E-state index contributed by atoms with van der Waals surface area (Å²) in [6.45, 7) is 3.98. The Morgan fingerprint density at radius 3 is 2.15 bits per heavy atom. The molecule has 0 spiro atoms. The largest absolute Gasteiger partial charge is 0.496 e. The van der Waals surface area contributed by atoms with Crippen molar-refractivity contribution in [2.45, 2.75) is 13.8 Å². The number of nitrogens with zero attached hydrogens (tertiary/aromatic N) is 2. The first-order chi connectivity index (χ1) is 12.4. The van der Waals surface area contributed by atoms with Crippen LogP contribution in [-0.4, -0.2) is 23.8 Å². The number of carbonyl (C=O) groups is 2. The van der Waals surface area contributed by atoms with Crippen LogP contribution in [0.3, 0.4) is 0 Å². The number of benzene rings is 1. The van der Waals surface area contributed by atoms with Gasteiger partial charge in [-0.2, -0.15) is 0 Å². The highest BCUT2D eigenvalue weighted by atomic mass is 16.6. The molecule has 3 aliphatic rings. The van der Waals surface area contributed by atoms with Gasteiger partial charge in [-0.3, -0.25) is 19.7 Å². The Kier molecular flexibility index (Phi) is 3.50. The molecule has 1 saturated heterocycles. The van der Waals surface area contributed by atoms with Gasteiger partial charge in [-0.05, 0) is 26.0 Å². The first kappa shape index (κ1) is 16.5. The van der Waals surface area contributed by atoms with Crippen LogP contribution in [0.4, 0.5) is 11.4 Å². The van der Waals surface area contributed by atoms with Crippen molar-refractivity contribution in [2.75, 3.05) is 12.0 Å². The number of amides is 2. The maximum Gasteiger partial charge on any atom is 0.297 e. The SMILES string of the molecule is COc1ccc(N2C(=O)[C@H]3[C@H](C2=O)[C@@H]2C=C[C@@H]3C2=C(C)C)c([N+](=O)[O-])c1. The van der Waals surface area contributed by atoms with Crippen molar-refractivity contribution >= 4 is 23.2 Å². The topological polar surface area (TPSA) is 89.8 Å². The van der Waals surface area contributed by atoms with Gasteiger partial charge in [0, 0.05) is 11.8 Å². The summed E-state index contributed by atoms with van der Waals surface area (Å²) in [5, 5.41) is 11.5. The number of nitro benzene ring substituents is 1. The first-order valence-electron chi connectivity index (χ1n) is 8.42. The van der Waals surface area contributed by atoms with Crippen molar-refractivity contribution in [2.24, 2.45) is 23.7 Å². The zero-order valence-electron chi connectivity index (χ0n) is 14.6. The minimum absolute atomic E-state index is 0.0124. The van der Waals surface area contributed by atoms with E-state index in [1.54, 1.807) is 0 Å². The summed E-state index contributed by atoms with van der Waals surface area (Å²) < 4.78 is 5.03. The van der Waals surface area contributed by atoms with E-state index in [1.807, 2.05) is 26.0 Å². The number of anilines is 1. The van der Waals surface area contributed by atoms with Gasteiger partial charge in [-0.1, -0.05) is 23.3 Å². The number of hydrogen-bond acceptors (Lipinski definition) is 5. The number of rotatable bonds is 3. The predicted molar refractivity (Wildman–Crippen MR) is 93.6 cm³/mol. The van der Waals surface area contributed by atoms with Gasteiger partial charge < -0.3 is 4.74 Å². The highest BCUT2D eigenvalue weighted by Crippen LogP contribution is 2.57. The van der Waals surface area contributed by atoms with Gasteiger partial charge in [0.25, 0.3) is 5.69 Å². The van der Waals surface area contributed by atoms with Crippen LogP contribution >= 0.6 is 0 Å². The fraction of sp³-hybridized carbons (Fsp3) is 0.368. The lowest BCUT2D eigenvalue weighted by Crippen LogP contribution is -2.33. The molecule has 1 aromatic rings. The Labute approximate surface area is 150 Å². The number of imide groups is 1. The maximum absolute atomic E-state index is 13.1. The van der Waals surface area contributed by atoms with E-state index in [4.69, 9.17) is 4.74 Å². The van der Waals surface area contributed by atoms with Crippen LogP contribution in [0.2, 0.25) is 0 Å². The van der Waals surface area contributed by atoms with Crippen molar-refractivity contribution in [1.82, 2.24) is 0 Å². The highest BCUT2D eigenvalue weighted by molar-refractivity contribution is 6.24. The average molecular weight is 354 g/mol. The number of ether oxygens (including phenoxy) is 1. The van der Waals surface area contributed by atoms with Crippen LogP contribution < -0.4 is 9.64 Å². The number of hydrogen-bond donors (Lipinski definition) is 0. The molecule has 2 fully saturated rings. The quantitative estimate of drug-likeness (QED) is 0.360. The lowest BCUT2D eigenvalue weighted by Gasteiger charge is -2.19. The zero-order chi connectivity index (χ0) is 18.7. The molecular weight excluding hydrogens is 336 g/mol. The molecule has 2 amide bonds. The molecule has 1 heterocycles. The minimum atomic E-state index is -0.596. The second-order valence-corrected chi connectivity index (χ2v) is 7.07. The molecule has 2 aliphatic carbocycles. The number of fused-ring (bicyclic) bond motifs is 5. The first-order valence-corrected chi connectivity index (χ1v) is 8.42. The van der Waals surface area contributed by atoms with E-state index in [9.17, 15) is 19.7 Å². The van der Waals surface area contributed by atoms with Crippen LogP contribution in [0.1, 0.15) is 13.8 Å². The van der Waals surface area contributed by atoms with E-state index in [1.165, 1.54) is 25.3 Å². The summed E-state index contributed by atoms with van der Waals surface area (Å²) in [4.78, 5) is 38.0. The van der Waals surface area contributed by atoms with Crippen LogP contribution in [0, 0.1) is 33.8 Å². The molecule has 1 aliphatic heterocycles. The monoisotopic (exact) mass is 354 g/mol. The Morgan fingerprint density at radius 2 is 1.69 bits per heavy atom. The summed E-state index contributed by atoms with van der Waals surface area (Å²) in [6, 6.07) is 4.16. The Balaban J connectivity index is 1.79. The standard InChI is InChI=1S/C19H18N2O5/c1-9(2)15-11-5-6-12(15)17-16(11)18(22)20(19(17)23)13-7-4-10(26-3)8-14(13)21(24)25/h4-8,11-12,16-17H,1-3H3/t11-,12-,16-,17-/m1/s1. The second kappa shape index (κ2) is 5.52. The second-order valence-electron chi connectivity index (χ2n) is 7.07. The molecule has 134 valence electrons. The lowest BCUT2D eigenvalue weighted by atomic mass is 9.85. The average Bonchev–Trinajstić information content (AvgIpc) is 3.24. The van der Waals surface area contributed by atoms with Crippen molar-refractivity contribution < 1.29 is 19.2 Å². The van der Waals surface area contributed by atoms with Crippen LogP contribution in [0.5, 0.6) is 5.75 Å². The van der Waals surface area contributed by atoms with E-state index < -0.39 is 16.8 Å². The van der Waals surface area contributed by atoms with Gasteiger partial charge in [-0.15, -0.1) is 0 Å². The fourth-order valence-electron chi connectivity index (χ4n) is 4.63. The van der Waals surface area contributed by atoms with Crippen LogP contribution in [-0.2, 0) is 9.59 Å². The molecule has 4 atom stereocenters. The van der Waals surface area contributed by atoms with Crippen molar-refractivity contribution in [3.05, 3.63) is 51.6 Å². The van der Waals surface area contributed by atoms with Gasteiger partial charge >= 0.3 is 0 Å². The van der Waals surface area contributed by atoms with Crippen molar-refractivity contribution in [3.63, 3.8) is 0 Å². The zero-order valence-corrected chi connectivity index (χ0v) is 14.6. The molecule has 7 heteroatoms. The third-order valence-electron chi connectivity index (χ3n) is 5.61. The van der Waals surface area contributed by atoms with Gasteiger partial charge in [0.05, 0.1) is 29.9 Å². The molecule has 0 radical (unpaired) electrons. The summed E-state index contributed by atoms with van der Waals surface area (Å²) in [5.74, 6) is -1.53. The summed E-state index contributed by atoms with van der Waals surface area (Å²) in [6.07, 6.45) is 3.98. The minimum Gasteiger partial charge on any atom is -0.496 e. The Morgan fingerprint density at radius 1 is 1.12 bits per heavy atom. The molecule has 1 aromatic carbocycles. The van der Waals surface area contributed by atoms with Gasteiger partial charge in [0.1, 0.15) is 11.4 Å². The summed E-state index contributed by atoms with van der Waals surface area (Å²) >= 11 is 0. The van der Waals surface area contributed by atoms with Crippen LogP contribution in [0.25, 0.3) is 0 Å². The van der Waals surface area contributed by atoms with E-state index in [-0.39, 0.29) is 35.0 Å². The lowest BCUT2D eigenvalue weighted by molar-refractivity contribution is -0.384. The number of nitro groups is 1. The van der Waals surface area contributed by atoms with Gasteiger partial charge in [-0.25, -0.2) is 4.90 Å². The predicted octanol–water partition coefficient (Wildman–Crippen LogP) is 2.86. The van der Waals surface area contributed by atoms with E-state index in [0.29, 0.717) is 5.75 Å². The van der Waals surface area contributed by atoms with Crippen LogP contribution in [0.15, 0.2) is 41.5 Å². The normalized spacial score (nSPS) is 28.7. The molecule has 7 nitrogen and oxygen atoms in total. The van der Waals surface area contributed by atoms with Gasteiger partial charge in [0.2, 0.25) is 11.8 Å². The summed E-state index contributed by atoms with van der Waals surface area (Å²) in [7, 11) is 1.40. The third-order valence-corrected chi connectivity index (χ3v) is 5.61. The van der Waals surface area contributed by atoms with Gasteiger partial charge in [0.15, 0.2) is 0 Å². The number of allylic oxidation sites excluding steroid dienone is 4. The number of carbonyl (C=O) groups excluding carboxylic acids is 2. The molecular formula is C19H18N2O5. The van der Waals surface area contributed by atoms with E-state index in [0.717, 1.165) is 16.0 Å². The summed E-state index contributed by atoms with van der Waals surface area (Å²) in [5.41, 5.74) is 1.97. The maximum atomic E-state index is 13.1. The molecule has 1 saturated carbocycles.